The Morgan fingerprint density at radius 1 is 1.13 bits per heavy atom. The number of halogens is 1. The number of likely N-dealkylation sites (tertiary alicyclic amines) is 1. The molecule has 4 aliphatic heterocycles. The van der Waals surface area contributed by atoms with Crippen LogP contribution in [0, 0.1) is 11.8 Å². The first-order valence-electron chi connectivity index (χ1n) is 18.4. The Hall–Kier alpha value is -3.85. The van der Waals surface area contributed by atoms with Crippen LogP contribution in [0.15, 0.2) is 35.9 Å². The Balaban J connectivity index is 1.47. The lowest BCUT2D eigenvalue weighted by Gasteiger charge is -2.42. The van der Waals surface area contributed by atoms with Gasteiger partial charge >= 0.3 is 18.2 Å². The van der Waals surface area contributed by atoms with E-state index in [1.807, 2.05) is 26.0 Å². The van der Waals surface area contributed by atoms with Crippen LogP contribution in [0.3, 0.4) is 0 Å². The molecule has 14 nitrogen and oxygen atoms in total. The van der Waals surface area contributed by atoms with E-state index in [2.05, 4.69) is 5.32 Å². The number of alkyl carbamates (subject to hydrolysis) is 1. The lowest BCUT2D eigenvalue weighted by molar-refractivity contribution is -0.160. The van der Waals surface area contributed by atoms with Crippen molar-refractivity contribution in [3.05, 3.63) is 46.5 Å². The molecule has 1 aromatic rings. The van der Waals surface area contributed by atoms with Gasteiger partial charge in [-0.15, -0.1) is 0 Å². The van der Waals surface area contributed by atoms with E-state index < -0.39 is 77.2 Å². The number of carbonyl (C=O) groups is 4. The van der Waals surface area contributed by atoms with E-state index in [0.29, 0.717) is 43.8 Å². The summed E-state index contributed by atoms with van der Waals surface area (Å²) >= 11 is 6.78. The molecule has 0 aromatic heterocycles. The highest BCUT2D eigenvalue weighted by Gasteiger charge is 2.64. The SMILES string of the molecule is COc1cc2cc(c1Cl)N(C)C(=O)C[C@H](OC(=O)C1CCN(C(=O)OC(C)(C)C)CC1)C1(C)O[C@H]1[C@H](C)[C@@H]1C[C@@](O)(NC(=O)O1)C(OC)/C=C/C=C(\C)C2. The number of hydrogen-bond acceptors (Lipinski definition) is 11. The second kappa shape index (κ2) is 16.1. The average Bonchev–Trinajstić information content (AvgIpc) is 3.80. The molecular weight excluding hydrogens is 722 g/mol. The number of methoxy groups -OCH3 is 2. The van der Waals surface area contributed by atoms with Crippen LogP contribution >= 0.6 is 11.6 Å². The van der Waals surface area contributed by atoms with E-state index in [4.69, 9.17) is 40.0 Å². The molecule has 1 aromatic carbocycles. The van der Waals surface area contributed by atoms with Gasteiger partial charge in [0.15, 0.2) is 5.72 Å². The fourth-order valence-corrected chi connectivity index (χ4v) is 7.78. The minimum atomic E-state index is -1.81. The summed E-state index contributed by atoms with van der Waals surface area (Å²) in [7, 11) is 4.54. The smallest absolute Gasteiger partial charge is 0.410 e. The van der Waals surface area contributed by atoms with Crippen LogP contribution in [0.2, 0.25) is 5.02 Å². The quantitative estimate of drug-likeness (QED) is 0.231. The third kappa shape index (κ3) is 9.15. The van der Waals surface area contributed by atoms with Crippen molar-refractivity contribution in [3.63, 3.8) is 0 Å². The molecule has 3 saturated heterocycles. The first-order chi connectivity index (χ1) is 25.3. The van der Waals surface area contributed by atoms with E-state index in [0.717, 1.165) is 11.1 Å². The van der Waals surface area contributed by atoms with Gasteiger partial charge in [-0.25, -0.2) is 9.59 Å². The van der Waals surface area contributed by atoms with Crippen LogP contribution < -0.4 is 15.0 Å². The minimum absolute atomic E-state index is 0.0339. The lowest BCUT2D eigenvalue weighted by atomic mass is 9.83. The number of amides is 3. The Morgan fingerprint density at radius 3 is 2.44 bits per heavy atom. The number of nitrogens with zero attached hydrogens (tertiary/aromatic N) is 2. The van der Waals surface area contributed by atoms with E-state index >= 15 is 0 Å². The molecule has 0 saturated carbocycles. The molecule has 7 atom stereocenters. The van der Waals surface area contributed by atoms with E-state index in [-0.39, 0.29) is 17.9 Å². The summed E-state index contributed by atoms with van der Waals surface area (Å²) in [6.45, 7) is 11.5. The molecule has 0 radical (unpaired) electrons. The highest BCUT2D eigenvalue weighted by molar-refractivity contribution is 6.35. The topological polar surface area (TPSA) is 166 Å². The Morgan fingerprint density at radius 2 is 1.81 bits per heavy atom. The van der Waals surface area contributed by atoms with Crippen LogP contribution in [0.1, 0.15) is 72.8 Å². The van der Waals surface area contributed by atoms with Gasteiger partial charge in [0.1, 0.15) is 40.3 Å². The number of piperidine rings is 1. The number of allylic oxidation sites excluding steroid dienone is 3. The molecule has 3 fully saturated rings. The first kappa shape index (κ1) is 41.3. The third-order valence-electron chi connectivity index (χ3n) is 10.7. The van der Waals surface area contributed by atoms with Gasteiger partial charge in [0, 0.05) is 39.6 Å². The predicted octanol–water partition coefficient (Wildman–Crippen LogP) is 5.31. The van der Waals surface area contributed by atoms with Gasteiger partial charge in [-0.05, 0) is 71.6 Å². The van der Waals surface area contributed by atoms with Gasteiger partial charge in [-0.2, -0.15) is 0 Å². The van der Waals surface area contributed by atoms with Crippen molar-refractivity contribution < 1.29 is 52.7 Å². The van der Waals surface area contributed by atoms with Gasteiger partial charge in [0.05, 0.1) is 31.2 Å². The summed E-state index contributed by atoms with van der Waals surface area (Å²) in [6.07, 6.45) is 1.47. The Kier molecular flexibility index (Phi) is 12.3. The number of carbonyl (C=O) groups excluding carboxylic acids is 4. The summed E-state index contributed by atoms with van der Waals surface area (Å²) in [5.41, 5.74) is -1.45. The highest BCUT2D eigenvalue weighted by atomic mass is 35.5. The van der Waals surface area contributed by atoms with Crippen molar-refractivity contribution >= 4 is 41.4 Å². The molecule has 4 aliphatic rings. The fourth-order valence-electron chi connectivity index (χ4n) is 7.47. The molecular formula is C39H54ClN3O11. The number of hydrogen-bond donors (Lipinski definition) is 2. The maximum Gasteiger partial charge on any atom is 0.410 e. The number of ether oxygens (including phenoxy) is 6. The molecule has 15 heteroatoms. The van der Waals surface area contributed by atoms with Crippen molar-refractivity contribution in [1.29, 1.82) is 0 Å². The van der Waals surface area contributed by atoms with Crippen LogP contribution in [-0.4, -0.2) is 110 Å². The summed E-state index contributed by atoms with van der Waals surface area (Å²) in [5, 5.41) is 14.5. The van der Waals surface area contributed by atoms with Gasteiger partial charge < -0.3 is 43.3 Å². The molecule has 4 bridgehead atoms. The lowest BCUT2D eigenvalue weighted by Crippen LogP contribution is -2.63. The minimum Gasteiger partial charge on any atom is -0.495 e. The molecule has 0 aliphatic carbocycles. The third-order valence-corrected chi connectivity index (χ3v) is 11.1. The first-order valence-corrected chi connectivity index (χ1v) is 18.7. The van der Waals surface area contributed by atoms with Crippen LogP contribution in [-0.2, 0) is 39.7 Å². The molecule has 4 heterocycles. The standard InChI is InChI=1S/C39H54ClN3O11/c1-22-11-10-12-29(50-9)39(48)21-28(51-35(46)41-39)23(2)33-38(6,53-33)30(20-31(44)42(7)26-18-24(17-22)19-27(49-8)32(26)40)52-34(45)25-13-15-43(16-14-25)36(47)54-37(3,4)5/h10-12,18-19,23,25,28-30,33,48H,13-17,20-21H2,1-9H3,(H,41,46)/b12-10+,22-11+/t23-,28+,29?,30+,33+,38?,39+/m1/s1. The van der Waals surface area contributed by atoms with Crippen LogP contribution in [0.5, 0.6) is 5.75 Å². The van der Waals surface area contributed by atoms with Crippen LogP contribution in [0.25, 0.3) is 0 Å². The maximum absolute atomic E-state index is 14.2. The van der Waals surface area contributed by atoms with Gasteiger partial charge in [-0.1, -0.05) is 42.3 Å². The molecule has 2 unspecified atom stereocenters. The fraction of sp³-hybridized carbons (Fsp3) is 0.641. The number of nitrogens with one attached hydrogen (secondary N) is 1. The number of anilines is 1. The normalized spacial score (nSPS) is 32.6. The number of benzene rings is 1. The predicted molar refractivity (Wildman–Crippen MR) is 199 cm³/mol. The molecule has 2 N–H and O–H groups in total. The van der Waals surface area contributed by atoms with E-state index in [1.54, 1.807) is 57.9 Å². The summed E-state index contributed by atoms with van der Waals surface area (Å²) in [6, 6.07) is 3.62. The molecule has 298 valence electrons. The summed E-state index contributed by atoms with van der Waals surface area (Å²) < 4.78 is 34.9. The Bertz CT molecular complexity index is 1670. The number of rotatable bonds is 4. The van der Waals surface area contributed by atoms with Gasteiger partial charge in [0.25, 0.3) is 0 Å². The zero-order valence-electron chi connectivity index (χ0n) is 32.6. The number of epoxide rings is 1. The second-order valence-corrected chi connectivity index (χ2v) is 16.3. The summed E-state index contributed by atoms with van der Waals surface area (Å²) in [5.74, 6) is -1.55. The number of esters is 1. The second-order valence-electron chi connectivity index (χ2n) is 16.0. The van der Waals surface area contributed by atoms with Crippen molar-refractivity contribution in [3.8, 4) is 5.75 Å². The number of aliphatic hydroxyl groups is 1. The molecule has 54 heavy (non-hydrogen) atoms. The van der Waals surface area contributed by atoms with Gasteiger partial charge in [-0.3, -0.25) is 14.9 Å². The zero-order valence-corrected chi connectivity index (χ0v) is 33.4. The van der Waals surface area contributed by atoms with Crippen molar-refractivity contribution in [2.24, 2.45) is 11.8 Å². The monoisotopic (exact) mass is 775 g/mol. The summed E-state index contributed by atoms with van der Waals surface area (Å²) in [4.78, 5) is 56.5. The molecule has 3 amide bonds. The largest absolute Gasteiger partial charge is 0.495 e. The van der Waals surface area contributed by atoms with Crippen molar-refractivity contribution in [2.45, 2.75) is 115 Å². The van der Waals surface area contributed by atoms with Gasteiger partial charge in [0.2, 0.25) is 5.91 Å². The van der Waals surface area contributed by atoms with E-state index in [1.165, 1.54) is 19.1 Å². The number of fused-ring (bicyclic) bond motifs is 5. The van der Waals surface area contributed by atoms with Crippen molar-refractivity contribution in [2.75, 3.05) is 39.3 Å². The Labute approximate surface area is 322 Å². The highest BCUT2D eigenvalue weighted by Crippen LogP contribution is 2.49. The van der Waals surface area contributed by atoms with Crippen molar-refractivity contribution in [1.82, 2.24) is 10.2 Å². The average molecular weight is 776 g/mol. The van der Waals surface area contributed by atoms with E-state index in [9.17, 15) is 24.3 Å². The molecule has 0 spiro atoms. The molecule has 5 rings (SSSR count). The van der Waals surface area contributed by atoms with Crippen LogP contribution in [0.4, 0.5) is 15.3 Å². The maximum atomic E-state index is 14.2. The zero-order chi connectivity index (χ0) is 39.7.